The Morgan fingerprint density at radius 3 is 2.43 bits per heavy atom. The third-order valence-electron chi connectivity index (χ3n) is 4.95. The van der Waals surface area contributed by atoms with Gasteiger partial charge in [-0.2, -0.15) is 0 Å². The summed E-state index contributed by atoms with van der Waals surface area (Å²) in [5.41, 5.74) is 3.74. The third-order valence-corrected chi connectivity index (χ3v) is 6.57. The molecule has 0 radical (unpaired) electrons. The Hall–Kier alpha value is -2.83. The molecule has 0 bridgehead atoms. The topological polar surface area (TPSA) is 64.0 Å². The van der Waals surface area contributed by atoms with Gasteiger partial charge in [0.2, 0.25) is 0 Å². The molecule has 0 aliphatic heterocycles. The molecule has 7 heteroatoms. The van der Waals surface area contributed by atoms with Gasteiger partial charge in [0.05, 0.1) is 27.3 Å². The van der Waals surface area contributed by atoms with Gasteiger partial charge in [-0.3, -0.25) is 9.71 Å². The number of nitrogens with zero attached hydrogens (tertiary/aromatic N) is 2. The zero-order valence-corrected chi connectivity index (χ0v) is 18.5. The van der Waals surface area contributed by atoms with E-state index in [1.165, 1.54) is 0 Å². The van der Waals surface area contributed by atoms with Crippen molar-refractivity contribution in [1.82, 2.24) is 9.55 Å². The summed E-state index contributed by atoms with van der Waals surface area (Å²) >= 11 is 6.23. The number of nitrogens with one attached hydrogen (secondary N) is 1. The highest BCUT2D eigenvalue weighted by Crippen LogP contribution is 2.30. The number of hydrogen-bond acceptors (Lipinski definition) is 3. The second-order valence-electron chi connectivity index (χ2n) is 8.13. The maximum Gasteiger partial charge on any atom is 0.261 e. The molecule has 0 aliphatic carbocycles. The fraction of sp³-hybridized carbons (Fsp3) is 0.174. The molecule has 1 N–H and O–H groups in total. The molecular formula is C23H22ClN3O2S. The smallest absolute Gasteiger partial charge is 0.261 e. The van der Waals surface area contributed by atoms with E-state index in [4.69, 9.17) is 11.6 Å². The van der Waals surface area contributed by atoms with Crippen LogP contribution < -0.4 is 4.72 Å². The van der Waals surface area contributed by atoms with Gasteiger partial charge in [-0.05, 0) is 59.5 Å². The number of hydrogen-bond donors (Lipinski definition) is 1. The number of rotatable bonds is 4. The van der Waals surface area contributed by atoms with Crippen LogP contribution in [-0.2, 0) is 15.4 Å². The van der Waals surface area contributed by atoms with Crippen LogP contribution >= 0.6 is 11.6 Å². The summed E-state index contributed by atoms with van der Waals surface area (Å²) < 4.78 is 30.7. The summed E-state index contributed by atoms with van der Waals surface area (Å²) in [5.74, 6) is 0. The SMILES string of the molecule is CC(C)(C)c1ccc(S(=O)(=O)Nc2ccc(Cl)cc2-n2ccc3ncccc32)cc1. The van der Waals surface area contributed by atoms with E-state index in [1.807, 2.05) is 41.1 Å². The molecule has 2 aromatic heterocycles. The van der Waals surface area contributed by atoms with Crippen LogP contribution in [-0.4, -0.2) is 18.0 Å². The molecule has 4 rings (SSSR count). The highest BCUT2D eigenvalue weighted by molar-refractivity contribution is 7.92. The molecule has 2 aromatic carbocycles. The van der Waals surface area contributed by atoms with Crippen LogP contribution in [0.3, 0.4) is 0 Å². The number of pyridine rings is 1. The Kier molecular flexibility index (Phi) is 5.08. The number of benzene rings is 2. The predicted molar refractivity (Wildman–Crippen MR) is 122 cm³/mol. The number of sulfonamides is 1. The Bertz CT molecular complexity index is 1320. The van der Waals surface area contributed by atoms with E-state index in [0.29, 0.717) is 16.4 Å². The van der Waals surface area contributed by atoms with Crippen molar-refractivity contribution in [3.63, 3.8) is 0 Å². The van der Waals surface area contributed by atoms with Crippen molar-refractivity contribution in [2.75, 3.05) is 4.72 Å². The number of halogens is 1. The zero-order chi connectivity index (χ0) is 21.5. The Balaban J connectivity index is 1.75. The van der Waals surface area contributed by atoms with Gasteiger partial charge < -0.3 is 4.57 Å². The van der Waals surface area contributed by atoms with Gasteiger partial charge in [0.25, 0.3) is 10.0 Å². The highest BCUT2D eigenvalue weighted by atomic mass is 35.5. The molecule has 0 amide bonds. The number of fused-ring (bicyclic) bond motifs is 1. The first-order valence-electron chi connectivity index (χ1n) is 9.50. The van der Waals surface area contributed by atoms with Crippen LogP contribution in [0.2, 0.25) is 5.02 Å². The van der Waals surface area contributed by atoms with Gasteiger partial charge in [-0.1, -0.05) is 44.5 Å². The molecule has 2 heterocycles. The first kappa shape index (κ1) is 20.4. The minimum absolute atomic E-state index is 0.0530. The molecule has 0 saturated carbocycles. The van der Waals surface area contributed by atoms with Crippen molar-refractivity contribution in [3.05, 3.63) is 83.6 Å². The summed E-state index contributed by atoms with van der Waals surface area (Å²) in [5, 5.41) is 0.508. The lowest BCUT2D eigenvalue weighted by atomic mass is 9.87. The Morgan fingerprint density at radius 2 is 1.73 bits per heavy atom. The van der Waals surface area contributed by atoms with Crippen molar-refractivity contribution in [2.45, 2.75) is 31.1 Å². The zero-order valence-electron chi connectivity index (χ0n) is 16.9. The highest BCUT2D eigenvalue weighted by Gasteiger charge is 2.20. The molecule has 0 unspecified atom stereocenters. The fourth-order valence-electron chi connectivity index (χ4n) is 3.30. The quantitative estimate of drug-likeness (QED) is 0.438. The molecule has 0 atom stereocenters. The first-order valence-corrected chi connectivity index (χ1v) is 11.4. The van der Waals surface area contributed by atoms with Gasteiger partial charge in [0.15, 0.2) is 0 Å². The van der Waals surface area contributed by atoms with Gasteiger partial charge in [-0.25, -0.2) is 8.42 Å². The summed E-state index contributed by atoms with van der Waals surface area (Å²) in [6.07, 6.45) is 3.56. The van der Waals surface area contributed by atoms with Crippen LogP contribution in [0.1, 0.15) is 26.3 Å². The van der Waals surface area contributed by atoms with Crippen molar-refractivity contribution in [2.24, 2.45) is 0 Å². The maximum absolute atomic E-state index is 13.1. The van der Waals surface area contributed by atoms with E-state index < -0.39 is 10.0 Å². The molecule has 30 heavy (non-hydrogen) atoms. The summed E-state index contributed by atoms with van der Waals surface area (Å²) in [6, 6.07) is 17.7. The Labute approximate surface area is 181 Å². The van der Waals surface area contributed by atoms with Crippen molar-refractivity contribution in [3.8, 4) is 5.69 Å². The summed E-state index contributed by atoms with van der Waals surface area (Å²) in [6.45, 7) is 6.26. The van der Waals surface area contributed by atoms with Crippen LogP contribution in [0, 0.1) is 0 Å². The maximum atomic E-state index is 13.1. The Morgan fingerprint density at radius 1 is 1.00 bits per heavy atom. The third kappa shape index (κ3) is 3.93. The lowest BCUT2D eigenvalue weighted by molar-refractivity contribution is 0.587. The molecule has 154 valence electrons. The van der Waals surface area contributed by atoms with Crippen LogP contribution in [0.5, 0.6) is 0 Å². The van der Waals surface area contributed by atoms with Crippen molar-refractivity contribution in [1.29, 1.82) is 0 Å². The average Bonchev–Trinajstić information content (AvgIpc) is 3.13. The average molecular weight is 440 g/mol. The van der Waals surface area contributed by atoms with Crippen LogP contribution in [0.25, 0.3) is 16.7 Å². The molecule has 0 spiro atoms. The fourth-order valence-corrected chi connectivity index (χ4v) is 4.55. The monoisotopic (exact) mass is 439 g/mol. The molecule has 0 fully saturated rings. The molecule has 5 nitrogen and oxygen atoms in total. The predicted octanol–water partition coefficient (Wildman–Crippen LogP) is 5.78. The summed E-state index contributed by atoms with van der Waals surface area (Å²) in [4.78, 5) is 4.54. The number of aromatic nitrogens is 2. The van der Waals surface area contributed by atoms with Crippen molar-refractivity contribution >= 4 is 38.3 Å². The van der Waals surface area contributed by atoms with E-state index in [0.717, 1.165) is 16.6 Å². The lowest BCUT2D eigenvalue weighted by Gasteiger charge is -2.19. The van der Waals surface area contributed by atoms with Gasteiger partial charge in [0.1, 0.15) is 0 Å². The standard InChI is InChI=1S/C23H22ClN3O2S/c1-23(2,3)16-6-9-18(10-7-16)30(28,29)26-20-11-8-17(24)15-22(20)27-14-12-19-21(27)5-4-13-25-19/h4-15,26H,1-3H3. The molecule has 4 aromatic rings. The van der Waals surface area contributed by atoms with E-state index in [2.05, 4.69) is 30.5 Å². The minimum Gasteiger partial charge on any atom is -0.313 e. The molecule has 0 aliphatic rings. The normalized spacial score (nSPS) is 12.3. The van der Waals surface area contributed by atoms with Gasteiger partial charge >= 0.3 is 0 Å². The van der Waals surface area contributed by atoms with Gasteiger partial charge in [0, 0.05) is 17.4 Å². The van der Waals surface area contributed by atoms with Crippen LogP contribution in [0.15, 0.2) is 78.0 Å². The van der Waals surface area contributed by atoms with E-state index in [9.17, 15) is 8.42 Å². The number of anilines is 1. The second-order valence-corrected chi connectivity index (χ2v) is 10.3. The van der Waals surface area contributed by atoms with E-state index in [1.54, 1.807) is 36.5 Å². The largest absolute Gasteiger partial charge is 0.313 e. The van der Waals surface area contributed by atoms with Crippen LogP contribution in [0.4, 0.5) is 5.69 Å². The van der Waals surface area contributed by atoms with E-state index >= 15 is 0 Å². The lowest BCUT2D eigenvalue weighted by Crippen LogP contribution is -2.16. The minimum atomic E-state index is -3.78. The molecule has 0 saturated heterocycles. The van der Waals surface area contributed by atoms with Crippen molar-refractivity contribution < 1.29 is 8.42 Å². The molecular weight excluding hydrogens is 418 g/mol. The summed E-state index contributed by atoms with van der Waals surface area (Å²) in [7, 11) is -3.78. The first-order chi connectivity index (χ1) is 14.1. The second kappa shape index (κ2) is 7.45. The van der Waals surface area contributed by atoms with Gasteiger partial charge in [-0.15, -0.1) is 0 Å². The van der Waals surface area contributed by atoms with E-state index in [-0.39, 0.29) is 10.3 Å².